The maximum Gasteiger partial charge on any atom is 0.141 e. The predicted molar refractivity (Wildman–Crippen MR) is 75.5 cm³/mol. The van der Waals surface area contributed by atoms with Crippen LogP contribution in [0, 0.1) is 5.82 Å². The van der Waals surface area contributed by atoms with Crippen molar-refractivity contribution < 1.29 is 4.39 Å². The van der Waals surface area contributed by atoms with Crippen LogP contribution in [-0.4, -0.2) is 35.6 Å². The molecule has 0 bridgehead atoms. The molecule has 1 aromatic heterocycles. The van der Waals surface area contributed by atoms with Crippen LogP contribution in [0.3, 0.4) is 0 Å². The first kappa shape index (κ1) is 14.4. The summed E-state index contributed by atoms with van der Waals surface area (Å²) in [5.74, 6) is -0.254. The SMILES string of the molecule is CCN(CC1CCCCN1)C(C)c1cncc(F)c1. The van der Waals surface area contributed by atoms with Gasteiger partial charge in [-0.25, -0.2) is 4.39 Å². The summed E-state index contributed by atoms with van der Waals surface area (Å²) < 4.78 is 13.3. The number of hydrogen-bond donors (Lipinski definition) is 1. The molecular formula is C15H24FN3. The van der Waals surface area contributed by atoms with Crippen LogP contribution in [0.1, 0.15) is 44.7 Å². The van der Waals surface area contributed by atoms with Crippen molar-refractivity contribution in [2.24, 2.45) is 0 Å². The van der Waals surface area contributed by atoms with Crippen molar-refractivity contribution in [3.63, 3.8) is 0 Å². The molecule has 1 saturated heterocycles. The zero-order valence-corrected chi connectivity index (χ0v) is 11.9. The molecule has 2 rings (SSSR count). The van der Waals surface area contributed by atoms with Gasteiger partial charge >= 0.3 is 0 Å². The summed E-state index contributed by atoms with van der Waals surface area (Å²) in [7, 11) is 0. The predicted octanol–water partition coefficient (Wildman–Crippen LogP) is 2.75. The summed E-state index contributed by atoms with van der Waals surface area (Å²) in [6, 6.07) is 2.36. The second-order valence-electron chi connectivity index (χ2n) is 5.35. The van der Waals surface area contributed by atoms with Crippen molar-refractivity contribution in [1.29, 1.82) is 0 Å². The number of hydrogen-bond acceptors (Lipinski definition) is 3. The van der Waals surface area contributed by atoms with E-state index in [0.717, 1.165) is 25.2 Å². The molecule has 3 nitrogen and oxygen atoms in total. The van der Waals surface area contributed by atoms with E-state index >= 15 is 0 Å². The summed E-state index contributed by atoms with van der Waals surface area (Å²) >= 11 is 0. The lowest BCUT2D eigenvalue weighted by molar-refractivity contribution is 0.184. The second kappa shape index (κ2) is 6.96. The van der Waals surface area contributed by atoms with Crippen LogP contribution in [0.4, 0.5) is 4.39 Å². The first-order valence-corrected chi connectivity index (χ1v) is 7.28. The lowest BCUT2D eigenvalue weighted by Crippen LogP contribution is -2.44. The van der Waals surface area contributed by atoms with Gasteiger partial charge in [-0.1, -0.05) is 13.3 Å². The number of likely N-dealkylation sites (N-methyl/N-ethyl adjacent to an activating group) is 1. The summed E-state index contributed by atoms with van der Waals surface area (Å²) in [6.45, 7) is 7.40. The van der Waals surface area contributed by atoms with Gasteiger partial charge in [0.25, 0.3) is 0 Å². The Balaban J connectivity index is 1.99. The van der Waals surface area contributed by atoms with Gasteiger partial charge in [-0.05, 0) is 44.5 Å². The van der Waals surface area contributed by atoms with Crippen molar-refractivity contribution in [3.05, 3.63) is 29.8 Å². The van der Waals surface area contributed by atoms with Gasteiger partial charge in [-0.15, -0.1) is 0 Å². The number of rotatable bonds is 5. The fraction of sp³-hybridized carbons (Fsp3) is 0.667. The molecule has 1 aliphatic heterocycles. The number of piperidine rings is 1. The van der Waals surface area contributed by atoms with Crippen LogP contribution in [0.15, 0.2) is 18.5 Å². The summed E-state index contributed by atoms with van der Waals surface area (Å²) in [6.07, 6.45) is 6.86. The Morgan fingerprint density at radius 3 is 2.95 bits per heavy atom. The van der Waals surface area contributed by atoms with Gasteiger partial charge in [0, 0.05) is 24.8 Å². The molecule has 0 radical (unpaired) electrons. The van der Waals surface area contributed by atoms with Crippen LogP contribution >= 0.6 is 0 Å². The highest BCUT2D eigenvalue weighted by atomic mass is 19.1. The lowest BCUT2D eigenvalue weighted by Gasteiger charge is -2.33. The molecule has 19 heavy (non-hydrogen) atoms. The van der Waals surface area contributed by atoms with E-state index in [1.807, 2.05) is 0 Å². The van der Waals surface area contributed by atoms with Crippen LogP contribution < -0.4 is 5.32 Å². The Bertz CT molecular complexity index is 391. The molecule has 1 aliphatic rings. The quantitative estimate of drug-likeness (QED) is 0.887. The van der Waals surface area contributed by atoms with Crippen molar-refractivity contribution in [2.45, 2.75) is 45.2 Å². The smallest absolute Gasteiger partial charge is 0.141 e. The van der Waals surface area contributed by atoms with Crippen LogP contribution in [0.25, 0.3) is 0 Å². The van der Waals surface area contributed by atoms with E-state index in [2.05, 4.69) is 29.0 Å². The Morgan fingerprint density at radius 1 is 1.47 bits per heavy atom. The minimum Gasteiger partial charge on any atom is -0.313 e. The first-order valence-electron chi connectivity index (χ1n) is 7.28. The third-order valence-corrected chi connectivity index (χ3v) is 4.03. The van der Waals surface area contributed by atoms with Crippen molar-refractivity contribution in [3.8, 4) is 0 Å². The third-order valence-electron chi connectivity index (χ3n) is 4.03. The molecule has 0 aromatic carbocycles. The minimum absolute atomic E-state index is 0.205. The standard InChI is InChI=1S/C15H24FN3/c1-3-19(11-15-6-4-5-7-18-15)12(2)13-8-14(16)10-17-9-13/h8-10,12,15,18H,3-7,11H2,1-2H3. The molecule has 2 heterocycles. The number of aromatic nitrogens is 1. The van der Waals surface area contributed by atoms with E-state index in [9.17, 15) is 4.39 Å². The Hall–Kier alpha value is -1.00. The van der Waals surface area contributed by atoms with E-state index in [4.69, 9.17) is 0 Å². The first-order chi connectivity index (χ1) is 9.20. The number of pyridine rings is 1. The summed E-state index contributed by atoms with van der Waals surface area (Å²) in [5, 5.41) is 3.57. The molecule has 1 N–H and O–H groups in total. The topological polar surface area (TPSA) is 28.2 Å². The van der Waals surface area contributed by atoms with Crippen molar-refractivity contribution in [1.82, 2.24) is 15.2 Å². The number of nitrogens with one attached hydrogen (secondary N) is 1. The van der Waals surface area contributed by atoms with Crippen LogP contribution in [-0.2, 0) is 0 Å². The highest BCUT2D eigenvalue weighted by Gasteiger charge is 2.20. The van der Waals surface area contributed by atoms with Crippen molar-refractivity contribution >= 4 is 0 Å². The Labute approximate surface area is 115 Å². The summed E-state index contributed by atoms with van der Waals surface area (Å²) in [4.78, 5) is 6.34. The van der Waals surface area contributed by atoms with Gasteiger partial charge in [-0.2, -0.15) is 0 Å². The maximum atomic E-state index is 13.3. The van der Waals surface area contributed by atoms with E-state index in [-0.39, 0.29) is 11.9 Å². The lowest BCUT2D eigenvalue weighted by atomic mass is 10.0. The van der Waals surface area contributed by atoms with Crippen LogP contribution in [0.5, 0.6) is 0 Å². The molecule has 1 aromatic rings. The largest absolute Gasteiger partial charge is 0.313 e. The van der Waals surface area contributed by atoms with Gasteiger partial charge < -0.3 is 5.32 Å². The molecule has 4 heteroatoms. The molecule has 0 saturated carbocycles. The average molecular weight is 265 g/mol. The van der Waals surface area contributed by atoms with Gasteiger partial charge in [0.15, 0.2) is 0 Å². The zero-order valence-electron chi connectivity index (χ0n) is 11.9. The van der Waals surface area contributed by atoms with Gasteiger partial charge in [-0.3, -0.25) is 9.88 Å². The zero-order chi connectivity index (χ0) is 13.7. The normalized spacial score (nSPS) is 21.6. The minimum atomic E-state index is -0.254. The molecule has 1 fully saturated rings. The molecule has 2 unspecified atom stereocenters. The van der Waals surface area contributed by atoms with Gasteiger partial charge in [0.05, 0.1) is 6.20 Å². The molecule has 106 valence electrons. The molecule has 0 spiro atoms. The van der Waals surface area contributed by atoms with Gasteiger partial charge in [0.2, 0.25) is 0 Å². The fourth-order valence-electron chi connectivity index (χ4n) is 2.79. The van der Waals surface area contributed by atoms with E-state index in [0.29, 0.717) is 6.04 Å². The van der Waals surface area contributed by atoms with Crippen LogP contribution in [0.2, 0.25) is 0 Å². The Morgan fingerprint density at radius 2 is 2.32 bits per heavy atom. The molecule has 0 amide bonds. The van der Waals surface area contributed by atoms with Gasteiger partial charge in [0.1, 0.15) is 5.82 Å². The summed E-state index contributed by atoms with van der Waals surface area (Å²) in [5.41, 5.74) is 0.956. The average Bonchev–Trinajstić information content (AvgIpc) is 2.45. The van der Waals surface area contributed by atoms with E-state index in [1.54, 1.807) is 12.3 Å². The Kier molecular flexibility index (Phi) is 5.28. The number of nitrogens with zero attached hydrogens (tertiary/aromatic N) is 2. The number of halogens is 1. The fourth-order valence-corrected chi connectivity index (χ4v) is 2.79. The molecular weight excluding hydrogens is 241 g/mol. The van der Waals surface area contributed by atoms with E-state index < -0.39 is 0 Å². The maximum absolute atomic E-state index is 13.3. The van der Waals surface area contributed by atoms with E-state index in [1.165, 1.54) is 25.5 Å². The second-order valence-corrected chi connectivity index (χ2v) is 5.35. The highest BCUT2D eigenvalue weighted by Crippen LogP contribution is 2.21. The van der Waals surface area contributed by atoms with Crippen molar-refractivity contribution in [2.75, 3.05) is 19.6 Å². The third kappa shape index (κ3) is 3.98. The molecule has 0 aliphatic carbocycles. The monoisotopic (exact) mass is 265 g/mol. The highest BCUT2D eigenvalue weighted by molar-refractivity contribution is 5.14. The molecule has 2 atom stereocenters.